The Kier molecular flexibility index (Phi) is 13.2. The number of ether oxygens (including phenoxy) is 1. The van der Waals surface area contributed by atoms with Crippen molar-refractivity contribution in [2.75, 3.05) is 44.6 Å². The topological polar surface area (TPSA) is 156 Å². The van der Waals surface area contributed by atoms with Gasteiger partial charge in [-0.1, -0.05) is 67.4 Å². The van der Waals surface area contributed by atoms with Crippen molar-refractivity contribution in [3.8, 4) is 16.9 Å². The van der Waals surface area contributed by atoms with Crippen LogP contribution < -0.4 is 21.5 Å². The fourth-order valence-electron chi connectivity index (χ4n) is 6.21. The molecule has 0 radical (unpaired) electrons. The number of amides is 2. The first-order chi connectivity index (χ1) is 23.9. The maximum absolute atomic E-state index is 12.7. The van der Waals surface area contributed by atoms with Crippen molar-refractivity contribution < 1.29 is 24.5 Å². The number of benzene rings is 3. The molecule has 49 heavy (non-hydrogen) atoms. The lowest BCUT2D eigenvalue weighted by Gasteiger charge is -2.31. The summed E-state index contributed by atoms with van der Waals surface area (Å²) in [6.45, 7) is 4.01. The number of anilines is 1. The molecule has 0 spiro atoms. The molecule has 1 aromatic heterocycles. The quantitative estimate of drug-likeness (QED) is 0.0878. The Morgan fingerprint density at radius 3 is 2.43 bits per heavy atom. The van der Waals surface area contributed by atoms with E-state index in [9.17, 15) is 24.6 Å². The number of rotatable bonds is 16. The highest BCUT2D eigenvalue weighted by molar-refractivity contribution is 5.91. The van der Waals surface area contributed by atoms with Gasteiger partial charge in [0, 0.05) is 56.2 Å². The molecule has 1 atom stereocenters. The van der Waals surface area contributed by atoms with Crippen LogP contribution in [-0.4, -0.2) is 77.5 Å². The maximum atomic E-state index is 12.7. The summed E-state index contributed by atoms with van der Waals surface area (Å²) in [7, 11) is 0. The van der Waals surface area contributed by atoms with Crippen LogP contribution in [0.25, 0.3) is 22.0 Å². The normalized spacial score (nSPS) is 14.4. The molecule has 0 aliphatic carbocycles. The number of aliphatic hydroxyl groups excluding tert-OH is 1. The summed E-state index contributed by atoms with van der Waals surface area (Å²) < 4.78 is 5.73. The van der Waals surface area contributed by atoms with Crippen LogP contribution in [-0.2, 0) is 9.53 Å². The van der Waals surface area contributed by atoms with Crippen molar-refractivity contribution in [1.29, 1.82) is 0 Å². The third kappa shape index (κ3) is 10.6. The smallest absolute Gasteiger partial charge is 0.411 e. The number of pyridine rings is 1. The number of nitrogens with zero attached hydrogens (tertiary/aromatic N) is 1. The van der Waals surface area contributed by atoms with Gasteiger partial charge < -0.3 is 35.5 Å². The van der Waals surface area contributed by atoms with Gasteiger partial charge in [-0.25, -0.2) is 4.79 Å². The third-order valence-electron chi connectivity index (χ3n) is 8.92. The summed E-state index contributed by atoms with van der Waals surface area (Å²) >= 11 is 0. The molecule has 1 aliphatic heterocycles. The number of unbranched alkanes of at least 4 members (excludes halogenated alkanes) is 3. The van der Waals surface area contributed by atoms with E-state index in [1.165, 1.54) is 12.1 Å². The summed E-state index contributed by atoms with van der Waals surface area (Å²) in [5, 5.41) is 30.5. The molecule has 6 N–H and O–H groups in total. The second-order valence-electron chi connectivity index (χ2n) is 12.5. The third-order valence-corrected chi connectivity index (χ3v) is 8.92. The number of hydrogen-bond donors (Lipinski definition) is 6. The Balaban J connectivity index is 0.881. The lowest BCUT2D eigenvalue weighted by Crippen LogP contribution is -2.40. The van der Waals surface area contributed by atoms with Crippen molar-refractivity contribution >= 4 is 28.6 Å². The number of piperidine rings is 1. The maximum Gasteiger partial charge on any atom is 0.411 e. The number of aromatic amines is 1. The first-order valence-electron chi connectivity index (χ1n) is 17.2. The Hall–Kier alpha value is -4.71. The number of likely N-dealkylation sites (tertiary alicyclic amines) is 1. The first kappa shape index (κ1) is 35.6. The van der Waals surface area contributed by atoms with Gasteiger partial charge in [0.25, 0.3) is 0 Å². The van der Waals surface area contributed by atoms with Gasteiger partial charge in [0.05, 0.1) is 17.3 Å². The van der Waals surface area contributed by atoms with Crippen LogP contribution in [0.3, 0.4) is 0 Å². The van der Waals surface area contributed by atoms with Crippen LogP contribution in [0.4, 0.5) is 10.5 Å². The highest BCUT2D eigenvalue weighted by atomic mass is 16.6. The van der Waals surface area contributed by atoms with Crippen molar-refractivity contribution in [3.05, 3.63) is 94.8 Å². The molecule has 0 saturated carbocycles. The molecule has 1 saturated heterocycles. The zero-order chi connectivity index (χ0) is 34.4. The molecule has 260 valence electrons. The minimum atomic E-state index is -0.774. The summed E-state index contributed by atoms with van der Waals surface area (Å²) in [4.78, 5) is 41.5. The minimum Gasteiger partial charge on any atom is -0.506 e. The van der Waals surface area contributed by atoms with E-state index in [1.54, 1.807) is 12.1 Å². The van der Waals surface area contributed by atoms with E-state index in [2.05, 4.69) is 25.8 Å². The summed E-state index contributed by atoms with van der Waals surface area (Å²) in [6.07, 6.45) is 4.41. The SMILES string of the molecule is O=C(CCN1CCC(OC(=O)Nc2ccccc2-c2ccccc2)CC1)NCCCCCCNC[C@H](O)c1ccc(O)c2[nH]c(=O)ccc12. The summed E-state index contributed by atoms with van der Waals surface area (Å²) in [5.41, 5.74) is 3.35. The second-order valence-corrected chi connectivity index (χ2v) is 12.5. The van der Waals surface area contributed by atoms with Gasteiger partial charge in [-0.05, 0) is 61.6 Å². The van der Waals surface area contributed by atoms with E-state index >= 15 is 0 Å². The van der Waals surface area contributed by atoms with Crippen LogP contribution >= 0.6 is 0 Å². The molecular formula is C38H47N5O6. The fourth-order valence-corrected chi connectivity index (χ4v) is 6.21. The number of H-pyrrole nitrogens is 1. The van der Waals surface area contributed by atoms with E-state index in [4.69, 9.17) is 4.74 Å². The number of hydrogen-bond acceptors (Lipinski definition) is 8. The van der Waals surface area contributed by atoms with Gasteiger partial charge in [-0.3, -0.25) is 14.9 Å². The second kappa shape index (κ2) is 18.2. The molecule has 1 aliphatic rings. The average Bonchev–Trinajstić information content (AvgIpc) is 3.11. The number of fused-ring (bicyclic) bond motifs is 1. The zero-order valence-corrected chi connectivity index (χ0v) is 27.8. The molecule has 1 fully saturated rings. The van der Waals surface area contributed by atoms with Crippen LogP contribution in [0.15, 0.2) is 83.7 Å². The molecule has 0 unspecified atom stereocenters. The molecule has 4 aromatic rings. The standard InChI is InChI=1S/C38H47N5O6/c44-33-16-14-30(31-15-17-36(47)42-37(31)33)34(45)26-39-21-8-1-2-9-22-40-35(46)20-25-43-23-18-28(19-24-43)49-38(48)41-32-13-7-6-12-29(32)27-10-4-3-5-11-27/h3-7,10-17,28,34,39,44-45H,1-2,8-9,18-26H2,(H,40,46)(H,41,48)(H,42,47)/t34-/m0/s1. The van der Waals surface area contributed by atoms with Gasteiger partial charge in [0.15, 0.2) is 0 Å². The molecule has 2 heterocycles. The van der Waals surface area contributed by atoms with E-state index < -0.39 is 12.2 Å². The number of aromatic hydroxyl groups is 1. The van der Waals surface area contributed by atoms with E-state index in [1.807, 2.05) is 54.6 Å². The van der Waals surface area contributed by atoms with Gasteiger partial charge in [0.2, 0.25) is 11.5 Å². The number of para-hydroxylation sites is 1. The lowest BCUT2D eigenvalue weighted by molar-refractivity contribution is -0.121. The van der Waals surface area contributed by atoms with Crippen LogP contribution in [0, 0.1) is 0 Å². The fraction of sp³-hybridized carbons (Fsp3) is 0.395. The summed E-state index contributed by atoms with van der Waals surface area (Å²) in [5.74, 6) is 0.0247. The highest BCUT2D eigenvalue weighted by Crippen LogP contribution is 2.29. The Morgan fingerprint density at radius 2 is 1.63 bits per heavy atom. The van der Waals surface area contributed by atoms with Crippen molar-refractivity contribution in [2.24, 2.45) is 0 Å². The highest BCUT2D eigenvalue weighted by Gasteiger charge is 2.23. The van der Waals surface area contributed by atoms with Gasteiger partial charge in [0.1, 0.15) is 11.9 Å². The molecule has 11 heteroatoms. The molecule has 11 nitrogen and oxygen atoms in total. The number of phenolic OH excluding ortho intramolecular Hbond substituents is 1. The number of carbonyl (C=O) groups is 2. The van der Waals surface area contributed by atoms with E-state index in [0.717, 1.165) is 69.3 Å². The van der Waals surface area contributed by atoms with E-state index in [-0.39, 0.29) is 23.3 Å². The van der Waals surface area contributed by atoms with Crippen LogP contribution in [0.5, 0.6) is 5.75 Å². The largest absolute Gasteiger partial charge is 0.506 e. The van der Waals surface area contributed by atoms with Crippen molar-refractivity contribution in [1.82, 2.24) is 20.5 Å². The van der Waals surface area contributed by atoms with Crippen molar-refractivity contribution in [3.63, 3.8) is 0 Å². The van der Waals surface area contributed by atoms with Crippen LogP contribution in [0.1, 0.15) is 56.6 Å². The molecular weight excluding hydrogens is 622 g/mol. The van der Waals surface area contributed by atoms with E-state index in [0.29, 0.717) is 48.2 Å². The lowest BCUT2D eigenvalue weighted by atomic mass is 10.0. The molecule has 5 rings (SSSR count). The monoisotopic (exact) mass is 669 g/mol. The number of aromatic nitrogens is 1. The first-order valence-corrected chi connectivity index (χ1v) is 17.2. The Bertz CT molecular complexity index is 1720. The minimum absolute atomic E-state index is 0.0274. The van der Waals surface area contributed by atoms with Gasteiger partial charge in [-0.15, -0.1) is 0 Å². The number of aliphatic hydroxyl groups is 1. The predicted molar refractivity (Wildman–Crippen MR) is 192 cm³/mol. The van der Waals surface area contributed by atoms with Gasteiger partial charge in [-0.2, -0.15) is 0 Å². The molecule has 3 aromatic carbocycles. The van der Waals surface area contributed by atoms with Gasteiger partial charge >= 0.3 is 6.09 Å². The molecule has 0 bridgehead atoms. The summed E-state index contributed by atoms with van der Waals surface area (Å²) in [6, 6.07) is 23.8. The van der Waals surface area contributed by atoms with Crippen LogP contribution in [0.2, 0.25) is 0 Å². The Morgan fingerprint density at radius 1 is 0.898 bits per heavy atom. The number of nitrogens with one attached hydrogen (secondary N) is 4. The number of carbonyl (C=O) groups excluding carboxylic acids is 2. The average molecular weight is 670 g/mol. The Labute approximate surface area is 286 Å². The predicted octanol–water partition coefficient (Wildman–Crippen LogP) is 5.30. The molecule has 2 amide bonds. The number of phenols is 1. The zero-order valence-electron chi connectivity index (χ0n) is 27.8. The van der Waals surface area contributed by atoms with Crippen molar-refractivity contribution in [2.45, 2.75) is 57.2 Å².